The third-order valence-corrected chi connectivity index (χ3v) is 3.26. The van der Waals surface area contributed by atoms with Crippen LogP contribution in [0, 0.1) is 0 Å². The molecule has 1 aromatic heterocycles. The highest BCUT2D eigenvalue weighted by atomic mass is 79.9. The largest absolute Gasteiger partial charge is 0.361 e. The molecule has 16 heavy (non-hydrogen) atoms. The Morgan fingerprint density at radius 1 is 0.812 bits per heavy atom. The Morgan fingerprint density at radius 3 is 2.38 bits per heavy atom. The molecule has 78 valence electrons. The minimum atomic E-state index is 1.11. The zero-order valence-electron chi connectivity index (χ0n) is 8.57. The molecule has 0 aliphatic rings. The second-order valence-corrected chi connectivity index (χ2v) is 4.70. The molecule has 0 fully saturated rings. The number of fused-ring (bicyclic) bond motifs is 1. The maximum Gasteiger partial charge on any atom is 0.0460 e. The van der Waals surface area contributed by atoms with Crippen molar-refractivity contribution in [2.24, 2.45) is 0 Å². The van der Waals surface area contributed by atoms with Crippen LogP contribution in [0.25, 0.3) is 22.0 Å². The minimum absolute atomic E-state index is 1.11. The summed E-state index contributed by atoms with van der Waals surface area (Å²) in [5, 5.41) is 1.25. The molecule has 1 nitrogen and oxygen atoms in total. The molecule has 0 aliphatic heterocycles. The highest BCUT2D eigenvalue weighted by Crippen LogP contribution is 2.24. The average molecular weight is 272 g/mol. The van der Waals surface area contributed by atoms with Crippen LogP contribution in [0.15, 0.2) is 59.2 Å². The Balaban J connectivity index is 2.14. The standard InChI is InChI=1S/C14H10BrN/c15-13-5-3-10(4-6-13)12-2-1-11-7-8-16-14(11)9-12/h1-9,16H. The third-order valence-electron chi connectivity index (χ3n) is 2.73. The fourth-order valence-corrected chi connectivity index (χ4v) is 2.13. The van der Waals surface area contributed by atoms with Gasteiger partial charge in [-0.05, 0) is 40.8 Å². The number of hydrogen-bond acceptors (Lipinski definition) is 0. The summed E-state index contributed by atoms with van der Waals surface area (Å²) < 4.78 is 1.11. The Morgan fingerprint density at radius 2 is 1.56 bits per heavy atom. The first kappa shape index (κ1) is 9.67. The van der Waals surface area contributed by atoms with Crippen molar-refractivity contribution < 1.29 is 0 Å². The molecule has 0 spiro atoms. The first-order valence-electron chi connectivity index (χ1n) is 5.16. The highest BCUT2D eigenvalue weighted by Gasteiger charge is 1.99. The number of aromatic nitrogens is 1. The van der Waals surface area contributed by atoms with Crippen LogP contribution in [-0.2, 0) is 0 Å². The van der Waals surface area contributed by atoms with Gasteiger partial charge in [-0.1, -0.05) is 40.2 Å². The van der Waals surface area contributed by atoms with E-state index in [1.165, 1.54) is 22.0 Å². The van der Waals surface area contributed by atoms with Crippen molar-refractivity contribution in [1.82, 2.24) is 4.98 Å². The third kappa shape index (κ3) is 1.65. The van der Waals surface area contributed by atoms with Crippen molar-refractivity contribution in [2.75, 3.05) is 0 Å². The fraction of sp³-hybridized carbons (Fsp3) is 0. The van der Waals surface area contributed by atoms with Crippen molar-refractivity contribution in [1.29, 1.82) is 0 Å². The van der Waals surface area contributed by atoms with Crippen molar-refractivity contribution in [3.8, 4) is 11.1 Å². The maximum absolute atomic E-state index is 3.45. The van der Waals surface area contributed by atoms with Gasteiger partial charge >= 0.3 is 0 Å². The van der Waals surface area contributed by atoms with Gasteiger partial charge in [0, 0.05) is 16.2 Å². The lowest BCUT2D eigenvalue weighted by molar-refractivity contribution is 1.48. The van der Waals surface area contributed by atoms with Crippen LogP contribution in [0.2, 0.25) is 0 Å². The van der Waals surface area contributed by atoms with Crippen LogP contribution >= 0.6 is 15.9 Å². The lowest BCUT2D eigenvalue weighted by Gasteiger charge is -2.02. The van der Waals surface area contributed by atoms with Gasteiger partial charge < -0.3 is 4.98 Å². The van der Waals surface area contributed by atoms with Crippen LogP contribution in [0.5, 0.6) is 0 Å². The minimum Gasteiger partial charge on any atom is -0.361 e. The number of rotatable bonds is 1. The van der Waals surface area contributed by atoms with Gasteiger partial charge in [0.2, 0.25) is 0 Å². The van der Waals surface area contributed by atoms with E-state index in [1.54, 1.807) is 0 Å². The highest BCUT2D eigenvalue weighted by molar-refractivity contribution is 9.10. The number of benzene rings is 2. The maximum atomic E-state index is 3.45. The number of H-pyrrole nitrogens is 1. The van der Waals surface area contributed by atoms with E-state index in [0.717, 1.165) is 4.47 Å². The summed E-state index contributed by atoms with van der Waals surface area (Å²) in [6.07, 6.45) is 1.97. The summed E-state index contributed by atoms with van der Waals surface area (Å²) in [6, 6.07) is 16.9. The zero-order valence-corrected chi connectivity index (χ0v) is 10.2. The number of aromatic amines is 1. The Hall–Kier alpha value is -1.54. The first-order valence-corrected chi connectivity index (χ1v) is 5.95. The topological polar surface area (TPSA) is 15.8 Å². The van der Waals surface area contributed by atoms with E-state index in [1.807, 2.05) is 6.20 Å². The molecule has 2 heteroatoms. The van der Waals surface area contributed by atoms with Gasteiger partial charge in [0.15, 0.2) is 0 Å². The van der Waals surface area contributed by atoms with E-state index in [-0.39, 0.29) is 0 Å². The summed E-state index contributed by atoms with van der Waals surface area (Å²) in [4.78, 5) is 3.23. The van der Waals surface area contributed by atoms with Crippen molar-refractivity contribution in [2.45, 2.75) is 0 Å². The van der Waals surface area contributed by atoms with Crippen LogP contribution < -0.4 is 0 Å². The van der Waals surface area contributed by atoms with Crippen LogP contribution in [0.1, 0.15) is 0 Å². The van der Waals surface area contributed by atoms with Gasteiger partial charge in [-0.3, -0.25) is 0 Å². The Labute approximate surface area is 102 Å². The van der Waals surface area contributed by atoms with Gasteiger partial charge in [0.1, 0.15) is 0 Å². The summed E-state index contributed by atoms with van der Waals surface area (Å²) in [5.74, 6) is 0. The van der Waals surface area contributed by atoms with E-state index >= 15 is 0 Å². The Kier molecular flexibility index (Phi) is 2.29. The molecule has 1 N–H and O–H groups in total. The predicted octanol–water partition coefficient (Wildman–Crippen LogP) is 4.60. The lowest BCUT2D eigenvalue weighted by atomic mass is 10.0. The summed E-state index contributed by atoms with van der Waals surface area (Å²) in [6.45, 7) is 0. The van der Waals surface area contributed by atoms with Crippen molar-refractivity contribution in [3.63, 3.8) is 0 Å². The first-order chi connectivity index (χ1) is 7.83. The second-order valence-electron chi connectivity index (χ2n) is 3.79. The zero-order chi connectivity index (χ0) is 11.0. The van der Waals surface area contributed by atoms with E-state index in [2.05, 4.69) is 69.4 Å². The number of halogens is 1. The molecule has 0 saturated heterocycles. The second kappa shape index (κ2) is 3.80. The Bertz CT molecular complexity index is 623. The summed E-state index contributed by atoms with van der Waals surface area (Å²) in [5.41, 5.74) is 3.66. The van der Waals surface area contributed by atoms with Gasteiger partial charge in [-0.25, -0.2) is 0 Å². The fourth-order valence-electron chi connectivity index (χ4n) is 1.87. The quantitative estimate of drug-likeness (QED) is 0.666. The van der Waals surface area contributed by atoms with E-state index in [4.69, 9.17) is 0 Å². The average Bonchev–Trinajstić information content (AvgIpc) is 2.77. The van der Waals surface area contributed by atoms with Gasteiger partial charge in [0.05, 0.1) is 0 Å². The van der Waals surface area contributed by atoms with E-state index < -0.39 is 0 Å². The molecule has 1 heterocycles. The number of nitrogens with one attached hydrogen (secondary N) is 1. The van der Waals surface area contributed by atoms with Gasteiger partial charge in [0.25, 0.3) is 0 Å². The number of hydrogen-bond donors (Lipinski definition) is 1. The summed E-state index contributed by atoms with van der Waals surface area (Å²) >= 11 is 3.45. The monoisotopic (exact) mass is 271 g/mol. The predicted molar refractivity (Wildman–Crippen MR) is 71.4 cm³/mol. The normalized spacial score (nSPS) is 10.8. The van der Waals surface area contributed by atoms with Crippen LogP contribution in [0.3, 0.4) is 0 Å². The molecule has 2 aromatic carbocycles. The van der Waals surface area contributed by atoms with Crippen molar-refractivity contribution >= 4 is 26.8 Å². The molecule has 0 amide bonds. The summed E-state index contributed by atoms with van der Waals surface area (Å²) in [7, 11) is 0. The van der Waals surface area contributed by atoms with Crippen LogP contribution in [0.4, 0.5) is 0 Å². The SMILES string of the molecule is Brc1ccc(-c2ccc3cc[nH]c3c2)cc1. The molecule has 0 aliphatic carbocycles. The van der Waals surface area contributed by atoms with Crippen LogP contribution in [-0.4, -0.2) is 4.98 Å². The van der Waals surface area contributed by atoms with Gasteiger partial charge in [-0.2, -0.15) is 0 Å². The molecule has 0 atom stereocenters. The van der Waals surface area contributed by atoms with Gasteiger partial charge in [-0.15, -0.1) is 0 Å². The molecule has 3 aromatic rings. The molecule has 0 unspecified atom stereocenters. The molecule has 3 rings (SSSR count). The van der Waals surface area contributed by atoms with E-state index in [0.29, 0.717) is 0 Å². The lowest BCUT2D eigenvalue weighted by Crippen LogP contribution is -1.77. The molecule has 0 radical (unpaired) electrons. The van der Waals surface area contributed by atoms with Crippen molar-refractivity contribution in [3.05, 3.63) is 59.2 Å². The molecule has 0 saturated carbocycles. The smallest absolute Gasteiger partial charge is 0.0460 e. The molecular weight excluding hydrogens is 262 g/mol. The van der Waals surface area contributed by atoms with E-state index in [9.17, 15) is 0 Å². The molecular formula is C14H10BrN. The molecule has 0 bridgehead atoms.